The Labute approximate surface area is 175 Å². The number of rotatable bonds is 6. The molecular formula is C24H24N4O2. The highest BCUT2D eigenvalue weighted by molar-refractivity contribution is 6.05. The van der Waals surface area contributed by atoms with Crippen molar-refractivity contribution in [2.75, 3.05) is 23.3 Å². The molecule has 0 fully saturated rings. The van der Waals surface area contributed by atoms with Crippen LogP contribution in [0.3, 0.4) is 0 Å². The van der Waals surface area contributed by atoms with Gasteiger partial charge in [-0.05, 0) is 80.6 Å². The predicted molar refractivity (Wildman–Crippen MR) is 121 cm³/mol. The molecule has 6 heteroatoms. The normalized spacial score (nSPS) is 10.9. The first-order valence-corrected chi connectivity index (χ1v) is 10.0. The number of aromatic amines is 1. The Balaban J connectivity index is 1.52. The molecule has 152 valence electrons. The van der Waals surface area contributed by atoms with Gasteiger partial charge in [-0.25, -0.2) is 4.98 Å². The average molecular weight is 400 g/mol. The molecule has 30 heavy (non-hydrogen) atoms. The van der Waals surface area contributed by atoms with E-state index in [1.54, 1.807) is 24.3 Å². The van der Waals surface area contributed by atoms with Crippen LogP contribution in [0.5, 0.6) is 5.75 Å². The lowest BCUT2D eigenvalue weighted by Crippen LogP contribution is -2.21. The minimum Gasteiger partial charge on any atom is -0.508 e. The number of aromatic nitrogens is 2. The SMILES string of the molecule is CCN(CC)c1ccc(C(=O)Nc2ccc3nc(-c4ccc(O)cc4)[nH]c3c2)cc1. The van der Waals surface area contributed by atoms with Crippen LogP contribution in [0.4, 0.5) is 11.4 Å². The van der Waals surface area contributed by atoms with Gasteiger partial charge >= 0.3 is 0 Å². The fourth-order valence-electron chi connectivity index (χ4n) is 3.46. The van der Waals surface area contributed by atoms with E-state index in [2.05, 4.69) is 34.0 Å². The van der Waals surface area contributed by atoms with Gasteiger partial charge in [-0.15, -0.1) is 0 Å². The molecular weight excluding hydrogens is 376 g/mol. The number of carbonyl (C=O) groups is 1. The molecule has 1 aromatic heterocycles. The molecule has 3 N–H and O–H groups in total. The molecule has 0 aliphatic rings. The van der Waals surface area contributed by atoms with Crippen molar-refractivity contribution in [1.29, 1.82) is 0 Å². The van der Waals surface area contributed by atoms with Crippen LogP contribution in [-0.4, -0.2) is 34.1 Å². The van der Waals surface area contributed by atoms with Gasteiger partial charge in [0.25, 0.3) is 5.91 Å². The van der Waals surface area contributed by atoms with Crippen molar-refractivity contribution in [1.82, 2.24) is 9.97 Å². The number of carbonyl (C=O) groups excluding carboxylic acids is 1. The Kier molecular flexibility index (Phi) is 5.39. The molecule has 0 aliphatic heterocycles. The van der Waals surface area contributed by atoms with E-state index < -0.39 is 0 Å². The van der Waals surface area contributed by atoms with Crippen molar-refractivity contribution >= 4 is 28.3 Å². The van der Waals surface area contributed by atoms with Crippen LogP contribution in [0, 0.1) is 0 Å². The second-order valence-corrected chi connectivity index (χ2v) is 7.04. The van der Waals surface area contributed by atoms with E-state index in [0.29, 0.717) is 17.1 Å². The second kappa shape index (κ2) is 8.29. The summed E-state index contributed by atoms with van der Waals surface area (Å²) in [5.41, 5.74) is 4.93. The minimum absolute atomic E-state index is 0.154. The number of imidazole rings is 1. The number of nitrogens with zero attached hydrogens (tertiary/aromatic N) is 2. The highest BCUT2D eigenvalue weighted by Crippen LogP contribution is 2.24. The van der Waals surface area contributed by atoms with Crippen LogP contribution < -0.4 is 10.2 Å². The smallest absolute Gasteiger partial charge is 0.255 e. The van der Waals surface area contributed by atoms with Gasteiger partial charge in [-0.1, -0.05) is 0 Å². The molecule has 0 bridgehead atoms. The van der Waals surface area contributed by atoms with E-state index in [9.17, 15) is 9.90 Å². The van der Waals surface area contributed by atoms with Crippen molar-refractivity contribution in [3.05, 3.63) is 72.3 Å². The number of amides is 1. The van der Waals surface area contributed by atoms with E-state index in [0.717, 1.165) is 35.4 Å². The summed E-state index contributed by atoms with van der Waals surface area (Å²) < 4.78 is 0. The maximum absolute atomic E-state index is 12.7. The molecule has 1 amide bonds. The van der Waals surface area contributed by atoms with Crippen LogP contribution in [0.1, 0.15) is 24.2 Å². The van der Waals surface area contributed by atoms with E-state index in [4.69, 9.17) is 0 Å². The molecule has 6 nitrogen and oxygen atoms in total. The lowest BCUT2D eigenvalue weighted by Gasteiger charge is -2.21. The fraction of sp³-hybridized carbons (Fsp3) is 0.167. The topological polar surface area (TPSA) is 81.2 Å². The predicted octanol–water partition coefficient (Wildman–Crippen LogP) is 5.03. The number of phenolic OH excluding ortho intramolecular Hbond substituents is 1. The number of phenols is 1. The lowest BCUT2D eigenvalue weighted by atomic mass is 10.1. The number of anilines is 2. The molecule has 0 spiro atoms. The van der Waals surface area contributed by atoms with Crippen molar-refractivity contribution in [2.24, 2.45) is 0 Å². The standard InChI is InChI=1S/C24H24N4O2/c1-3-28(4-2)19-10-5-17(6-11-19)24(30)25-18-9-14-21-22(15-18)27-23(26-21)16-7-12-20(29)13-8-16/h5-15,29H,3-4H2,1-2H3,(H,25,30)(H,26,27). The van der Waals surface area contributed by atoms with E-state index >= 15 is 0 Å². The lowest BCUT2D eigenvalue weighted by molar-refractivity contribution is 0.102. The first-order valence-electron chi connectivity index (χ1n) is 10.0. The van der Waals surface area contributed by atoms with Gasteiger partial charge in [0.1, 0.15) is 11.6 Å². The first-order chi connectivity index (χ1) is 14.6. The Morgan fingerprint density at radius 3 is 2.37 bits per heavy atom. The Morgan fingerprint density at radius 1 is 1.00 bits per heavy atom. The van der Waals surface area contributed by atoms with Crippen molar-refractivity contribution in [3.8, 4) is 17.1 Å². The molecule has 0 aliphatic carbocycles. The van der Waals surface area contributed by atoms with Crippen LogP contribution in [0.2, 0.25) is 0 Å². The Bertz CT molecular complexity index is 1160. The second-order valence-electron chi connectivity index (χ2n) is 7.04. The highest BCUT2D eigenvalue weighted by atomic mass is 16.3. The zero-order chi connectivity index (χ0) is 21.1. The summed E-state index contributed by atoms with van der Waals surface area (Å²) in [7, 11) is 0. The number of nitrogens with one attached hydrogen (secondary N) is 2. The quantitative estimate of drug-likeness (QED) is 0.424. The van der Waals surface area contributed by atoms with E-state index in [1.165, 1.54) is 0 Å². The summed E-state index contributed by atoms with van der Waals surface area (Å²) >= 11 is 0. The van der Waals surface area contributed by atoms with Crippen molar-refractivity contribution < 1.29 is 9.90 Å². The molecule has 0 saturated carbocycles. The molecule has 4 rings (SSSR count). The van der Waals surface area contributed by atoms with Gasteiger partial charge in [0, 0.05) is 35.6 Å². The third-order valence-electron chi connectivity index (χ3n) is 5.14. The molecule has 0 atom stereocenters. The van der Waals surface area contributed by atoms with Crippen LogP contribution >= 0.6 is 0 Å². The largest absolute Gasteiger partial charge is 0.508 e. The van der Waals surface area contributed by atoms with Gasteiger partial charge in [-0.2, -0.15) is 0 Å². The number of aromatic hydroxyl groups is 1. The van der Waals surface area contributed by atoms with Crippen LogP contribution in [-0.2, 0) is 0 Å². The molecule has 4 aromatic rings. The number of benzene rings is 3. The zero-order valence-electron chi connectivity index (χ0n) is 17.0. The third kappa shape index (κ3) is 3.98. The Hall–Kier alpha value is -3.80. The number of hydrogen-bond acceptors (Lipinski definition) is 4. The number of hydrogen-bond donors (Lipinski definition) is 3. The monoisotopic (exact) mass is 400 g/mol. The van der Waals surface area contributed by atoms with Gasteiger partial charge in [0.15, 0.2) is 0 Å². The van der Waals surface area contributed by atoms with Gasteiger partial charge < -0.3 is 20.3 Å². The summed E-state index contributed by atoms with van der Waals surface area (Å²) in [6.45, 7) is 6.09. The zero-order valence-corrected chi connectivity index (χ0v) is 17.0. The van der Waals surface area contributed by atoms with E-state index in [-0.39, 0.29) is 11.7 Å². The number of H-pyrrole nitrogens is 1. The third-order valence-corrected chi connectivity index (χ3v) is 5.14. The molecule has 3 aromatic carbocycles. The summed E-state index contributed by atoms with van der Waals surface area (Å²) in [5, 5.41) is 12.4. The van der Waals surface area contributed by atoms with Gasteiger partial charge in [0.2, 0.25) is 0 Å². The highest BCUT2D eigenvalue weighted by Gasteiger charge is 2.10. The van der Waals surface area contributed by atoms with Gasteiger partial charge in [0.05, 0.1) is 11.0 Å². The van der Waals surface area contributed by atoms with Crippen LogP contribution in [0.25, 0.3) is 22.4 Å². The van der Waals surface area contributed by atoms with Crippen molar-refractivity contribution in [2.45, 2.75) is 13.8 Å². The van der Waals surface area contributed by atoms with Gasteiger partial charge in [-0.3, -0.25) is 4.79 Å². The minimum atomic E-state index is -0.154. The summed E-state index contributed by atoms with van der Waals surface area (Å²) in [6, 6.07) is 20.1. The first kappa shape index (κ1) is 19.5. The molecule has 0 unspecified atom stereocenters. The molecule has 0 saturated heterocycles. The summed E-state index contributed by atoms with van der Waals surface area (Å²) in [5.74, 6) is 0.768. The van der Waals surface area contributed by atoms with Crippen LogP contribution in [0.15, 0.2) is 66.7 Å². The maximum atomic E-state index is 12.7. The summed E-state index contributed by atoms with van der Waals surface area (Å²) in [6.07, 6.45) is 0. The molecule has 0 radical (unpaired) electrons. The van der Waals surface area contributed by atoms with E-state index in [1.807, 2.05) is 42.5 Å². The maximum Gasteiger partial charge on any atom is 0.255 e. The van der Waals surface area contributed by atoms with Crippen molar-refractivity contribution in [3.63, 3.8) is 0 Å². The number of fused-ring (bicyclic) bond motifs is 1. The average Bonchev–Trinajstić information content (AvgIpc) is 3.19. The molecule has 1 heterocycles. The summed E-state index contributed by atoms with van der Waals surface area (Å²) in [4.78, 5) is 22.7. The Morgan fingerprint density at radius 2 is 1.70 bits per heavy atom. The fourth-order valence-corrected chi connectivity index (χ4v) is 3.46.